The van der Waals surface area contributed by atoms with Gasteiger partial charge in [-0.05, 0) is 37.1 Å². The smallest absolute Gasteiger partial charge is 0.197 e. The zero-order valence-corrected chi connectivity index (χ0v) is 17.2. The Hall–Kier alpha value is -2.34. The van der Waals surface area contributed by atoms with E-state index in [2.05, 4.69) is 4.90 Å². The molecule has 0 bridgehead atoms. The summed E-state index contributed by atoms with van der Waals surface area (Å²) < 4.78 is 17.1. The molecule has 0 radical (unpaired) electrons. The van der Waals surface area contributed by atoms with Crippen LogP contribution in [0.5, 0.6) is 5.75 Å². The Morgan fingerprint density at radius 3 is 2.79 bits per heavy atom. The van der Waals surface area contributed by atoms with E-state index in [1.54, 1.807) is 31.6 Å². The summed E-state index contributed by atoms with van der Waals surface area (Å²) >= 11 is 6.08. The van der Waals surface area contributed by atoms with Crippen molar-refractivity contribution in [3.05, 3.63) is 75.1 Å². The van der Waals surface area contributed by atoms with Crippen LogP contribution in [0.2, 0.25) is 5.02 Å². The maximum Gasteiger partial charge on any atom is 0.197 e. The third-order valence-electron chi connectivity index (χ3n) is 5.27. The second-order valence-electron chi connectivity index (χ2n) is 7.35. The summed E-state index contributed by atoms with van der Waals surface area (Å²) in [4.78, 5) is 15.2. The Balaban J connectivity index is 1.63. The fourth-order valence-electron chi connectivity index (χ4n) is 3.83. The molecule has 1 unspecified atom stereocenters. The van der Waals surface area contributed by atoms with E-state index in [0.29, 0.717) is 34.6 Å². The molecule has 152 valence electrons. The minimum atomic E-state index is -0.0499. The molecule has 1 aliphatic heterocycles. The van der Waals surface area contributed by atoms with Crippen molar-refractivity contribution in [3.8, 4) is 5.75 Å². The number of nitrogens with zero attached hydrogens (tertiary/aromatic N) is 1. The van der Waals surface area contributed by atoms with Crippen LogP contribution in [0.1, 0.15) is 24.0 Å². The van der Waals surface area contributed by atoms with Crippen molar-refractivity contribution >= 4 is 22.6 Å². The van der Waals surface area contributed by atoms with Gasteiger partial charge in [0.1, 0.15) is 11.3 Å². The maximum atomic E-state index is 13.0. The van der Waals surface area contributed by atoms with Gasteiger partial charge in [0, 0.05) is 42.4 Å². The highest BCUT2D eigenvalue weighted by Crippen LogP contribution is 2.23. The highest BCUT2D eigenvalue weighted by Gasteiger charge is 2.21. The number of para-hydroxylation sites is 1. The first-order chi connectivity index (χ1) is 14.1. The van der Waals surface area contributed by atoms with Crippen molar-refractivity contribution in [1.82, 2.24) is 4.90 Å². The van der Waals surface area contributed by atoms with Crippen LogP contribution in [0.4, 0.5) is 0 Å². The second kappa shape index (κ2) is 8.99. The van der Waals surface area contributed by atoms with E-state index in [1.165, 1.54) is 0 Å². The number of ether oxygens (including phenoxy) is 2. The number of fused-ring (bicyclic) bond motifs is 1. The Morgan fingerprint density at radius 2 is 2.00 bits per heavy atom. The van der Waals surface area contributed by atoms with Gasteiger partial charge in [0.2, 0.25) is 0 Å². The predicted octanol–water partition coefficient (Wildman–Crippen LogP) is 4.64. The van der Waals surface area contributed by atoms with Crippen LogP contribution >= 0.6 is 11.6 Å². The zero-order valence-electron chi connectivity index (χ0n) is 16.4. The Morgan fingerprint density at radius 1 is 1.17 bits per heavy atom. The molecule has 29 heavy (non-hydrogen) atoms. The molecule has 4 rings (SSSR count). The number of benzene rings is 2. The number of rotatable bonds is 7. The van der Waals surface area contributed by atoms with E-state index < -0.39 is 0 Å². The van der Waals surface area contributed by atoms with Gasteiger partial charge in [-0.2, -0.15) is 0 Å². The van der Waals surface area contributed by atoms with Crippen LogP contribution in [0.3, 0.4) is 0 Å². The minimum absolute atomic E-state index is 0.0499. The average Bonchev–Trinajstić information content (AvgIpc) is 3.24. The molecular formula is C23H24ClNO4. The maximum absolute atomic E-state index is 13.0. The van der Waals surface area contributed by atoms with Crippen LogP contribution in [0.25, 0.3) is 11.0 Å². The van der Waals surface area contributed by atoms with E-state index in [0.717, 1.165) is 37.3 Å². The van der Waals surface area contributed by atoms with Gasteiger partial charge >= 0.3 is 0 Å². The van der Waals surface area contributed by atoms with Crippen molar-refractivity contribution in [2.45, 2.75) is 32.0 Å². The Labute approximate surface area is 174 Å². The third-order valence-corrected chi connectivity index (χ3v) is 5.51. The lowest BCUT2D eigenvalue weighted by atomic mass is 10.1. The minimum Gasteiger partial charge on any atom is -0.496 e. The highest BCUT2D eigenvalue weighted by atomic mass is 35.5. The van der Waals surface area contributed by atoms with E-state index >= 15 is 0 Å². The lowest BCUT2D eigenvalue weighted by Crippen LogP contribution is -2.33. The molecule has 5 nitrogen and oxygen atoms in total. The molecule has 0 N–H and O–H groups in total. The first-order valence-electron chi connectivity index (χ1n) is 9.80. The monoisotopic (exact) mass is 413 g/mol. The molecule has 1 aromatic heterocycles. The standard InChI is InChI=1S/C23H24ClNO4/c1-27-21-7-3-2-5-16(21)12-25(14-19-6-4-10-28-19)13-17-15-29-22-9-8-18(24)11-20(22)23(17)26/h2-3,5,7-9,11,15,19H,4,6,10,12-14H2,1H3. The Kier molecular flexibility index (Phi) is 6.19. The van der Waals surface area contributed by atoms with E-state index in [1.807, 2.05) is 24.3 Å². The molecule has 0 saturated carbocycles. The SMILES string of the molecule is COc1ccccc1CN(Cc1coc2ccc(Cl)cc2c1=O)CC1CCCO1. The zero-order chi connectivity index (χ0) is 20.2. The summed E-state index contributed by atoms with van der Waals surface area (Å²) in [7, 11) is 1.67. The van der Waals surface area contributed by atoms with Gasteiger partial charge in [-0.25, -0.2) is 0 Å². The lowest BCUT2D eigenvalue weighted by molar-refractivity contribution is 0.0673. The molecule has 0 amide bonds. The largest absolute Gasteiger partial charge is 0.496 e. The normalized spacial score (nSPS) is 16.6. The predicted molar refractivity (Wildman–Crippen MR) is 114 cm³/mol. The molecule has 1 saturated heterocycles. The molecule has 1 fully saturated rings. The fraction of sp³-hybridized carbons (Fsp3) is 0.348. The first-order valence-corrected chi connectivity index (χ1v) is 10.2. The fourth-order valence-corrected chi connectivity index (χ4v) is 4.00. The average molecular weight is 414 g/mol. The first kappa shape index (κ1) is 20.0. The highest BCUT2D eigenvalue weighted by molar-refractivity contribution is 6.31. The van der Waals surface area contributed by atoms with Crippen LogP contribution in [-0.4, -0.2) is 31.3 Å². The summed E-state index contributed by atoms with van der Waals surface area (Å²) in [5.74, 6) is 0.835. The van der Waals surface area contributed by atoms with Gasteiger partial charge in [0.05, 0.1) is 24.9 Å². The van der Waals surface area contributed by atoms with Gasteiger partial charge in [-0.15, -0.1) is 0 Å². The molecule has 3 aromatic rings. The molecule has 2 heterocycles. The summed E-state index contributed by atoms with van der Waals surface area (Å²) in [5.41, 5.74) is 2.17. The van der Waals surface area contributed by atoms with Gasteiger partial charge in [-0.3, -0.25) is 9.69 Å². The van der Waals surface area contributed by atoms with Crippen molar-refractivity contribution in [2.24, 2.45) is 0 Å². The van der Waals surface area contributed by atoms with E-state index in [9.17, 15) is 4.79 Å². The summed E-state index contributed by atoms with van der Waals surface area (Å²) in [5, 5.41) is 1.02. The topological polar surface area (TPSA) is 51.9 Å². The number of hydrogen-bond donors (Lipinski definition) is 0. The Bertz CT molecular complexity index is 1040. The van der Waals surface area contributed by atoms with Gasteiger partial charge in [-0.1, -0.05) is 29.8 Å². The van der Waals surface area contributed by atoms with E-state index in [-0.39, 0.29) is 11.5 Å². The second-order valence-corrected chi connectivity index (χ2v) is 7.78. The molecular weight excluding hydrogens is 390 g/mol. The lowest BCUT2D eigenvalue weighted by Gasteiger charge is -2.25. The quantitative estimate of drug-likeness (QED) is 0.565. The van der Waals surface area contributed by atoms with Crippen molar-refractivity contribution < 1.29 is 13.9 Å². The van der Waals surface area contributed by atoms with Crippen molar-refractivity contribution in [1.29, 1.82) is 0 Å². The van der Waals surface area contributed by atoms with Crippen LogP contribution in [-0.2, 0) is 17.8 Å². The number of halogens is 1. The molecule has 1 aliphatic rings. The summed E-state index contributed by atoms with van der Waals surface area (Å²) in [6.45, 7) is 2.65. The van der Waals surface area contributed by atoms with Gasteiger partial charge < -0.3 is 13.9 Å². The van der Waals surface area contributed by atoms with Gasteiger partial charge in [0.25, 0.3) is 0 Å². The van der Waals surface area contributed by atoms with Crippen LogP contribution < -0.4 is 10.2 Å². The molecule has 0 aliphatic carbocycles. The summed E-state index contributed by atoms with van der Waals surface area (Å²) in [6.07, 6.45) is 3.84. The van der Waals surface area contributed by atoms with E-state index in [4.69, 9.17) is 25.5 Å². The van der Waals surface area contributed by atoms with Crippen LogP contribution in [0, 0.1) is 0 Å². The molecule has 6 heteroatoms. The van der Waals surface area contributed by atoms with Crippen molar-refractivity contribution in [2.75, 3.05) is 20.3 Å². The molecule has 1 atom stereocenters. The molecule has 0 spiro atoms. The number of hydrogen-bond acceptors (Lipinski definition) is 5. The van der Waals surface area contributed by atoms with Gasteiger partial charge in [0.15, 0.2) is 5.43 Å². The van der Waals surface area contributed by atoms with Crippen LogP contribution in [0.15, 0.2) is 57.9 Å². The summed E-state index contributed by atoms with van der Waals surface area (Å²) in [6, 6.07) is 13.1. The molecule has 2 aromatic carbocycles. The number of methoxy groups -OCH3 is 1. The third kappa shape index (κ3) is 4.64. The van der Waals surface area contributed by atoms with Crippen molar-refractivity contribution in [3.63, 3.8) is 0 Å².